The number of hydrogen-bond donors (Lipinski definition) is 2. The molecule has 6 nitrogen and oxygen atoms in total. The number of anilines is 2. The summed E-state index contributed by atoms with van der Waals surface area (Å²) in [6.07, 6.45) is 1.45. The van der Waals surface area contributed by atoms with Crippen molar-refractivity contribution in [3.8, 4) is 0 Å². The Morgan fingerprint density at radius 2 is 1.66 bits per heavy atom. The Labute approximate surface area is 220 Å². The number of fused-ring (bicyclic) bond motifs is 1. The van der Waals surface area contributed by atoms with Crippen molar-refractivity contribution in [2.75, 3.05) is 36.4 Å². The van der Waals surface area contributed by atoms with Gasteiger partial charge in [0.05, 0.1) is 10.7 Å². The average Bonchev–Trinajstić information content (AvgIpc) is 2.84. The summed E-state index contributed by atoms with van der Waals surface area (Å²) < 4.78 is 0. The Bertz CT molecular complexity index is 1280. The van der Waals surface area contributed by atoms with Gasteiger partial charge in [0.2, 0.25) is 5.91 Å². The number of nitrogens with zero attached hydrogens (tertiary/aromatic N) is 2. The minimum absolute atomic E-state index is 0.167. The lowest BCUT2D eigenvalue weighted by atomic mass is 10.0. The van der Waals surface area contributed by atoms with E-state index in [1.54, 1.807) is 24.3 Å². The summed E-state index contributed by atoms with van der Waals surface area (Å²) in [5.74, 6) is -0.117. The van der Waals surface area contributed by atoms with E-state index in [9.17, 15) is 9.59 Å². The van der Waals surface area contributed by atoms with Crippen LogP contribution in [0, 0.1) is 0 Å². The Kier molecular flexibility index (Phi) is 8.11. The lowest BCUT2D eigenvalue weighted by molar-refractivity contribution is -0.131. The van der Waals surface area contributed by atoms with Gasteiger partial charge in [-0.1, -0.05) is 54.4 Å². The van der Waals surface area contributed by atoms with E-state index >= 15 is 0 Å². The van der Waals surface area contributed by atoms with Crippen LogP contribution in [0.5, 0.6) is 0 Å². The largest absolute Gasteiger partial charge is 0.367 e. The molecule has 0 radical (unpaired) electrons. The first-order valence-electron chi connectivity index (χ1n) is 11.5. The SMILES string of the molecule is CCCC(=O)N1CCN(c2ccc(NC(=S)NC(=O)c3cccc4c(Cl)cccc34)cc2Cl)CC1. The fraction of sp³-hybridized carbons (Fsp3) is 0.269. The van der Waals surface area contributed by atoms with E-state index in [0.717, 1.165) is 36.0 Å². The number of benzene rings is 3. The molecule has 0 aliphatic carbocycles. The smallest absolute Gasteiger partial charge is 0.258 e. The molecule has 1 fully saturated rings. The molecule has 0 aromatic heterocycles. The molecule has 3 aromatic carbocycles. The lowest BCUT2D eigenvalue weighted by Gasteiger charge is -2.36. The van der Waals surface area contributed by atoms with Crippen molar-refractivity contribution in [3.63, 3.8) is 0 Å². The van der Waals surface area contributed by atoms with Gasteiger partial charge in [0.1, 0.15) is 0 Å². The van der Waals surface area contributed by atoms with E-state index in [1.807, 2.05) is 42.2 Å². The van der Waals surface area contributed by atoms with Gasteiger partial charge in [-0.05, 0) is 54.4 Å². The molecule has 182 valence electrons. The van der Waals surface area contributed by atoms with E-state index in [0.29, 0.717) is 40.8 Å². The van der Waals surface area contributed by atoms with Crippen LogP contribution in [0.25, 0.3) is 10.8 Å². The van der Waals surface area contributed by atoms with Crippen molar-refractivity contribution >= 4 is 74.5 Å². The quantitative estimate of drug-likeness (QED) is 0.414. The number of carbonyl (C=O) groups is 2. The third-order valence-electron chi connectivity index (χ3n) is 5.98. The average molecular weight is 529 g/mol. The molecule has 0 bridgehead atoms. The highest BCUT2D eigenvalue weighted by molar-refractivity contribution is 7.80. The van der Waals surface area contributed by atoms with Crippen LogP contribution in [-0.2, 0) is 4.79 Å². The summed E-state index contributed by atoms with van der Waals surface area (Å²) >= 11 is 18.2. The summed E-state index contributed by atoms with van der Waals surface area (Å²) in [5.41, 5.74) is 2.06. The van der Waals surface area contributed by atoms with Gasteiger partial charge in [-0.3, -0.25) is 14.9 Å². The van der Waals surface area contributed by atoms with Gasteiger partial charge >= 0.3 is 0 Å². The van der Waals surface area contributed by atoms with Crippen molar-refractivity contribution in [1.29, 1.82) is 0 Å². The van der Waals surface area contributed by atoms with E-state index in [1.165, 1.54) is 0 Å². The Hall–Kier alpha value is -2.87. The van der Waals surface area contributed by atoms with Crippen LogP contribution >= 0.6 is 35.4 Å². The highest BCUT2D eigenvalue weighted by Gasteiger charge is 2.22. The summed E-state index contributed by atoms with van der Waals surface area (Å²) in [7, 11) is 0. The molecular formula is C26H26Cl2N4O2S. The first-order chi connectivity index (χ1) is 16.9. The van der Waals surface area contributed by atoms with Crippen LogP contribution < -0.4 is 15.5 Å². The number of piperazine rings is 1. The number of thiocarbonyl (C=S) groups is 1. The predicted molar refractivity (Wildman–Crippen MR) is 148 cm³/mol. The molecule has 0 atom stereocenters. The van der Waals surface area contributed by atoms with Crippen LogP contribution in [0.2, 0.25) is 10.0 Å². The number of carbonyl (C=O) groups excluding carboxylic acids is 2. The van der Waals surface area contributed by atoms with E-state index in [-0.39, 0.29) is 16.9 Å². The highest BCUT2D eigenvalue weighted by Crippen LogP contribution is 2.30. The fourth-order valence-corrected chi connectivity index (χ4v) is 4.96. The summed E-state index contributed by atoms with van der Waals surface area (Å²) in [4.78, 5) is 29.1. The highest BCUT2D eigenvalue weighted by atomic mass is 35.5. The second kappa shape index (κ2) is 11.2. The minimum atomic E-state index is -0.325. The maximum Gasteiger partial charge on any atom is 0.258 e. The number of hydrogen-bond acceptors (Lipinski definition) is 4. The molecule has 2 N–H and O–H groups in total. The predicted octanol–water partition coefficient (Wildman–Crippen LogP) is 5.72. The van der Waals surface area contributed by atoms with Gasteiger partial charge in [0, 0.05) is 54.3 Å². The minimum Gasteiger partial charge on any atom is -0.367 e. The third kappa shape index (κ3) is 5.86. The number of rotatable bonds is 5. The first-order valence-corrected chi connectivity index (χ1v) is 12.7. The summed E-state index contributed by atoms with van der Waals surface area (Å²) in [5, 5.41) is 8.63. The zero-order valence-corrected chi connectivity index (χ0v) is 21.6. The molecule has 9 heteroatoms. The maximum absolute atomic E-state index is 12.9. The van der Waals surface area contributed by atoms with E-state index in [2.05, 4.69) is 15.5 Å². The number of amides is 2. The Balaban J connectivity index is 1.38. The molecule has 1 heterocycles. The summed E-state index contributed by atoms with van der Waals surface area (Å²) in [6.45, 7) is 4.84. The van der Waals surface area contributed by atoms with Gasteiger partial charge in [0.15, 0.2) is 5.11 Å². The standard InChI is InChI=1S/C26H26Cl2N4O2S/c1-2-5-24(33)32-14-12-31(13-15-32)23-11-10-17(16-22(23)28)29-26(35)30-25(34)20-8-3-7-19-18(20)6-4-9-21(19)27/h3-4,6-11,16H,2,5,12-15H2,1H3,(H2,29,30,34,35). The normalized spacial score (nSPS) is 13.6. The van der Waals surface area contributed by atoms with Crippen molar-refractivity contribution in [2.24, 2.45) is 0 Å². The van der Waals surface area contributed by atoms with Crippen LogP contribution in [0.1, 0.15) is 30.1 Å². The third-order valence-corrected chi connectivity index (χ3v) is 6.82. The molecule has 0 spiro atoms. The van der Waals surface area contributed by atoms with Crippen molar-refractivity contribution in [2.45, 2.75) is 19.8 Å². The summed E-state index contributed by atoms with van der Waals surface area (Å²) in [6, 6.07) is 16.4. The lowest BCUT2D eigenvalue weighted by Crippen LogP contribution is -2.48. The molecule has 0 unspecified atom stereocenters. The molecule has 4 rings (SSSR count). The number of halogens is 2. The molecular weight excluding hydrogens is 503 g/mol. The van der Waals surface area contributed by atoms with Gasteiger partial charge in [-0.2, -0.15) is 0 Å². The molecule has 35 heavy (non-hydrogen) atoms. The van der Waals surface area contributed by atoms with Crippen LogP contribution in [0.4, 0.5) is 11.4 Å². The second-order valence-electron chi connectivity index (χ2n) is 8.33. The Morgan fingerprint density at radius 1 is 0.943 bits per heavy atom. The molecule has 1 aliphatic heterocycles. The molecule has 3 aromatic rings. The zero-order chi connectivity index (χ0) is 24.9. The van der Waals surface area contributed by atoms with Gasteiger partial charge in [-0.25, -0.2) is 0 Å². The van der Waals surface area contributed by atoms with Crippen molar-refractivity contribution < 1.29 is 9.59 Å². The van der Waals surface area contributed by atoms with Crippen LogP contribution in [0.15, 0.2) is 54.6 Å². The van der Waals surface area contributed by atoms with Crippen molar-refractivity contribution in [3.05, 3.63) is 70.2 Å². The van der Waals surface area contributed by atoms with Crippen LogP contribution in [0.3, 0.4) is 0 Å². The Morgan fingerprint density at radius 3 is 2.37 bits per heavy atom. The van der Waals surface area contributed by atoms with E-state index in [4.69, 9.17) is 35.4 Å². The molecule has 1 saturated heterocycles. The maximum atomic E-state index is 12.9. The second-order valence-corrected chi connectivity index (χ2v) is 9.56. The number of nitrogens with one attached hydrogen (secondary N) is 2. The topological polar surface area (TPSA) is 64.7 Å². The van der Waals surface area contributed by atoms with Crippen LogP contribution in [-0.4, -0.2) is 48.0 Å². The first kappa shape index (κ1) is 25.2. The van der Waals surface area contributed by atoms with Gasteiger partial charge < -0.3 is 15.1 Å². The fourth-order valence-electron chi connectivity index (χ4n) is 4.21. The van der Waals surface area contributed by atoms with Crippen molar-refractivity contribution in [1.82, 2.24) is 10.2 Å². The molecule has 1 aliphatic rings. The van der Waals surface area contributed by atoms with Gasteiger partial charge in [0.25, 0.3) is 5.91 Å². The zero-order valence-electron chi connectivity index (χ0n) is 19.3. The molecule has 2 amide bonds. The molecule has 0 saturated carbocycles. The van der Waals surface area contributed by atoms with Gasteiger partial charge in [-0.15, -0.1) is 0 Å². The monoisotopic (exact) mass is 528 g/mol. The van der Waals surface area contributed by atoms with E-state index < -0.39 is 0 Å².